The van der Waals surface area contributed by atoms with Crippen LogP contribution in [0.5, 0.6) is 0 Å². The molecule has 0 saturated heterocycles. The summed E-state index contributed by atoms with van der Waals surface area (Å²) in [6, 6.07) is 0. The number of rotatable bonds is 4. The third kappa shape index (κ3) is 2.79. The summed E-state index contributed by atoms with van der Waals surface area (Å²) in [5.41, 5.74) is 1.28. The average Bonchev–Trinajstić information content (AvgIpc) is 2.05. The van der Waals surface area contributed by atoms with Gasteiger partial charge in [0.25, 0.3) is 0 Å². The smallest absolute Gasteiger partial charge is 0.117 e. The molecule has 0 amide bonds. The Hall–Kier alpha value is -0.720. The molecule has 0 spiro atoms. The highest BCUT2D eigenvalue weighted by atomic mass is 16.5. The predicted molar refractivity (Wildman–Crippen MR) is 49.4 cm³/mol. The van der Waals surface area contributed by atoms with Crippen molar-refractivity contribution in [3.8, 4) is 0 Å². The van der Waals surface area contributed by atoms with Crippen molar-refractivity contribution in [3.05, 3.63) is 24.0 Å². The molecule has 0 aromatic carbocycles. The van der Waals surface area contributed by atoms with E-state index in [9.17, 15) is 0 Å². The minimum Gasteiger partial charge on any atom is -0.497 e. The van der Waals surface area contributed by atoms with Crippen LogP contribution >= 0.6 is 0 Å². The zero-order valence-corrected chi connectivity index (χ0v) is 7.98. The van der Waals surface area contributed by atoms with Gasteiger partial charge in [0.1, 0.15) is 5.76 Å². The van der Waals surface area contributed by atoms with Gasteiger partial charge in [0.2, 0.25) is 0 Å². The fourth-order valence-electron chi connectivity index (χ4n) is 0.954. The van der Waals surface area contributed by atoms with E-state index in [0.29, 0.717) is 5.92 Å². The van der Waals surface area contributed by atoms with Crippen LogP contribution in [0.3, 0.4) is 0 Å². The van der Waals surface area contributed by atoms with Crippen molar-refractivity contribution in [2.75, 3.05) is 7.11 Å². The maximum Gasteiger partial charge on any atom is 0.117 e. The number of hydrogen-bond donors (Lipinski definition) is 0. The Bertz CT molecular complexity index is 156. The first-order valence-corrected chi connectivity index (χ1v) is 4.04. The second-order valence-corrected chi connectivity index (χ2v) is 2.76. The molecule has 0 fully saturated rings. The molecule has 0 aliphatic carbocycles. The molecule has 0 heterocycles. The van der Waals surface area contributed by atoms with E-state index in [1.807, 2.05) is 0 Å². The van der Waals surface area contributed by atoms with Crippen molar-refractivity contribution < 1.29 is 4.74 Å². The zero-order valence-electron chi connectivity index (χ0n) is 7.98. The Balaban J connectivity index is 4.45. The lowest BCUT2D eigenvalue weighted by molar-refractivity contribution is 0.297. The van der Waals surface area contributed by atoms with Crippen LogP contribution in [0.4, 0.5) is 0 Å². The molecule has 0 rings (SSSR count). The van der Waals surface area contributed by atoms with E-state index in [0.717, 1.165) is 12.2 Å². The van der Waals surface area contributed by atoms with E-state index in [4.69, 9.17) is 4.74 Å². The van der Waals surface area contributed by atoms with Crippen molar-refractivity contribution in [3.63, 3.8) is 0 Å². The summed E-state index contributed by atoms with van der Waals surface area (Å²) in [5.74, 6) is 1.50. The van der Waals surface area contributed by atoms with Gasteiger partial charge >= 0.3 is 0 Å². The van der Waals surface area contributed by atoms with Gasteiger partial charge in [0, 0.05) is 0 Å². The average molecular weight is 154 g/mol. The second kappa shape index (κ2) is 5.00. The summed E-state index contributed by atoms with van der Waals surface area (Å²) in [7, 11) is 1.68. The fraction of sp³-hybridized carbons (Fsp3) is 0.600. The lowest BCUT2D eigenvalue weighted by atomic mass is 9.99. The molecule has 0 aromatic rings. The molecule has 0 bridgehead atoms. The molecule has 1 heteroatoms. The van der Waals surface area contributed by atoms with Gasteiger partial charge in [-0.2, -0.15) is 0 Å². The van der Waals surface area contributed by atoms with Crippen molar-refractivity contribution in [1.29, 1.82) is 0 Å². The van der Waals surface area contributed by atoms with Crippen LogP contribution in [-0.4, -0.2) is 7.11 Å². The summed E-state index contributed by atoms with van der Waals surface area (Å²) in [6.07, 6.45) is 2.91. The third-order valence-electron chi connectivity index (χ3n) is 2.15. The van der Waals surface area contributed by atoms with E-state index < -0.39 is 0 Å². The van der Waals surface area contributed by atoms with Gasteiger partial charge in [0.05, 0.1) is 7.11 Å². The standard InChI is InChI=1S/C10H18O/c1-6-8(3)9(4)10(7-2)11-5/h7-8H,2,6H2,1,3-5H3/b10-9+. The Labute approximate surface area is 69.8 Å². The molecule has 0 aliphatic heterocycles. The van der Waals surface area contributed by atoms with Crippen LogP contribution in [0, 0.1) is 5.92 Å². The molecule has 1 atom stereocenters. The van der Waals surface area contributed by atoms with Crippen LogP contribution in [0.2, 0.25) is 0 Å². The fourth-order valence-corrected chi connectivity index (χ4v) is 0.954. The Morgan fingerprint density at radius 1 is 1.64 bits per heavy atom. The first-order chi connectivity index (χ1) is 5.17. The maximum absolute atomic E-state index is 5.15. The molecule has 0 aliphatic rings. The van der Waals surface area contributed by atoms with Gasteiger partial charge in [-0.15, -0.1) is 0 Å². The van der Waals surface area contributed by atoms with Crippen molar-refractivity contribution in [2.24, 2.45) is 5.92 Å². The van der Waals surface area contributed by atoms with Crippen molar-refractivity contribution >= 4 is 0 Å². The molecule has 0 aromatic heterocycles. The summed E-state index contributed by atoms with van der Waals surface area (Å²) in [6.45, 7) is 10.1. The number of ether oxygens (including phenoxy) is 1. The van der Waals surface area contributed by atoms with Crippen molar-refractivity contribution in [1.82, 2.24) is 0 Å². The van der Waals surface area contributed by atoms with E-state index in [-0.39, 0.29) is 0 Å². The molecule has 1 nitrogen and oxygen atoms in total. The third-order valence-corrected chi connectivity index (χ3v) is 2.15. The topological polar surface area (TPSA) is 9.23 Å². The Morgan fingerprint density at radius 2 is 2.18 bits per heavy atom. The van der Waals surface area contributed by atoms with Gasteiger partial charge in [0.15, 0.2) is 0 Å². The number of methoxy groups -OCH3 is 1. The van der Waals surface area contributed by atoms with E-state index >= 15 is 0 Å². The van der Waals surface area contributed by atoms with Crippen molar-refractivity contribution in [2.45, 2.75) is 27.2 Å². The maximum atomic E-state index is 5.15. The minimum atomic E-state index is 0.586. The van der Waals surface area contributed by atoms with Gasteiger partial charge in [-0.25, -0.2) is 0 Å². The first-order valence-electron chi connectivity index (χ1n) is 4.04. The zero-order chi connectivity index (χ0) is 8.85. The molecular formula is C10H18O. The Morgan fingerprint density at radius 3 is 2.45 bits per heavy atom. The molecule has 11 heavy (non-hydrogen) atoms. The lowest BCUT2D eigenvalue weighted by Gasteiger charge is -2.12. The molecular weight excluding hydrogens is 136 g/mol. The normalized spacial score (nSPS) is 15.3. The molecule has 0 radical (unpaired) electrons. The summed E-state index contributed by atoms with van der Waals surface area (Å²) >= 11 is 0. The molecule has 1 unspecified atom stereocenters. The van der Waals surface area contributed by atoms with E-state index in [1.165, 1.54) is 5.57 Å². The SMILES string of the molecule is C=C/C(OC)=C(/C)C(C)CC. The molecule has 64 valence electrons. The number of hydrogen-bond acceptors (Lipinski definition) is 1. The Kier molecular flexibility index (Phi) is 4.67. The molecule has 0 saturated carbocycles. The van der Waals surface area contributed by atoms with E-state index in [1.54, 1.807) is 13.2 Å². The van der Waals surface area contributed by atoms with Gasteiger partial charge in [-0.3, -0.25) is 0 Å². The summed E-state index contributed by atoms with van der Waals surface area (Å²) < 4.78 is 5.15. The van der Waals surface area contributed by atoms with E-state index in [2.05, 4.69) is 27.4 Å². The van der Waals surface area contributed by atoms with Crippen LogP contribution in [0.15, 0.2) is 24.0 Å². The predicted octanol–water partition coefficient (Wildman–Crippen LogP) is 3.14. The number of allylic oxidation sites excluding steroid dienone is 2. The molecule has 0 N–H and O–H groups in total. The highest BCUT2D eigenvalue weighted by Crippen LogP contribution is 2.18. The quantitative estimate of drug-likeness (QED) is 0.446. The van der Waals surface area contributed by atoms with Crippen LogP contribution < -0.4 is 0 Å². The van der Waals surface area contributed by atoms with Crippen LogP contribution in [-0.2, 0) is 4.74 Å². The second-order valence-electron chi connectivity index (χ2n) is 2.76. The summed E-state index contributed by atoms with van der Waals surface area (Å²) in [4.78, 5) is 0. The first kappa shape index (κ1) is 10.3. The summed E-state index contributed by atoms with van der Waals surface area (Å²) in [5, 5.41) is 0. The van der Waals surface area contributed by atoms with Crippen LogP contribution in [0.1, 0.15) is 27.2 Å². The van der Waals surface area contributed by atoms with Crippen LogP contribution in [0.25, 0.3) is 0 Å². The lowest BCUT2D eigenvalue weighted by Crippen LogP contribution is -1.98. The highest BCUT2D eigenvalue weighted by molar-refractivity contribution is 5.18. The minimum absolute atomic E-state index is 0.586. The van der Waals surface area contributed by atoms with Gasteiger partial charge in [-0.05, 0) is 30.9 Å². The monoisotopic (exact) mass is 154 g/mol. The van der Waals surface area contributed by atoms with Gasteiger partial charge < -0.3 is 4.74 Å². The highest BCUT2D eigenvalue weighted by Gasteiger charge is 2.05. The van der Waals surface area contributed by atoms with Gasteiger partial charge in [-0.1, -0.05) is 20.4 Å². The largest absolute Gasteiger partial charge is 0.497 e.